The average molecular weight is 573 g/mol. The number of carbonyl (C=O) groups is 1. The number of sulfonamides is 1. The molecule has 0 bridgehead atoms. The second-order valence-corrected chi connectivity index (χ2v) is 14.0. The van der Waals surface area contributed by atoms with Crippen molar-refractivity contribution < 1.29 is 23.1 Å². The molecule has 220 valence electrons. The van der Waals surface area contributed by atoms with Crippen LogP contribution >= 0.6 is 0 Å². The van der Waals surface area contributed by atoms with Gasteiger partial charge in [0.05, 0.1) is 23.1 Å². The number of aliphatic hydroxyl groups is 1. The Morgan fingerprint density at radius 3 is 2.30 bits per heavy atom. The van der Waals surface area contributed by atoms with Crippen molar-refractivity contribution >= 4 is 21.8 Å². The van der Waals surface area contributed by atoms with E-state index in [1.54, 1.807) is 32.9 Å². The highest BCUT2D eigenvalue weighted by molar-refractivity contribution is 7.89. The SMILES string of the molecule is CN(C)c1cccc(S(=O)(=O)N(CC(O)C(Cc2ccccc2)NC(=O)OC(C)(C)C)CC(C)(C)CCC#N)c1. The fourth-order valence-corrected chi connectivity index (χ4v) is 5.90. The van der Waals surface area contributed by atoms with Crippen molar-refractivity contribution in [3.05, 3.63) is 60.2 Å². The largest absolute Gasteiger partial charge is 0.444 e. The van der Waals surface area contributed by atoms with Gasteiger partial charge >= 0.3 is 6.09 Å². The number of anilines is 1. The lowest BCUT2D eigenvalue weighted by Gasteiger charge is -2.35. The number of amides is 1. The molecule has 2 unspecified atom stereocenters. The first-order valence-corrected chi connectivity index (χ1v) is 14.8. The second-order valence-electron chi connectivity index (χ2n) is 12.0. The van der Waals surface area contributed by atoms with Gasteiger partial charge in [0.25, 0.3) is 0 Å². The summed E-state index contributed by atoms with van der Waals surface area (Å²) < 4.78 is 34.7. The van der Waals surface area contributed by atoms with Gasteiger partial charge in [-0.05, 0) is 62.8 Å². The van der Waals surface area contributed by atoms with E-state index in [0.29, 0.717) is 6.42 Å². The first-order chi connectivity index (χ1) is 18.5. The van der Waals surface area contributed by atoms with Gasteiger partial charge in [0.15, 0.2) is 0 Å². The van der Waals surface area contributed by atoms with Gasteiger partial charge in [0.1, 0.15) is 5.60 Å². The molecule has 0 radical (unpaired) electrons. The molecule has 0 saturated carbocycles. The molecule has 0 spiro atoms. The van der Waals surface area contributed by atoms with Crippen LogP contribution in [0, 0.1) is 16.7 Å². The van der Waals surface area contributed by atoms with Crippen LogP contribution in [0.1, 0.15) is 53.0 Å². The number of aliphatic hydroxyl groups excluding tert-OH is 1. The summed E-state index contributed by atoms with van der Waals surface area (Å²) in [6, 6.07) is 17.3. The Morgan fingerprint density at radius 2 is 1.73 bits per heavy atom. The topological polar surface area (TPSA) is 123 Å². The third-order valence-electron chi connectivity index (χ3n) is 6.35. The molecule has 2 aromatic rings. The van der Waals surface area contributed by atoms with Crippen LogP contribution in [0.2, 0.25) is 0 Å². The molecule has 0 aliphatic rings. The fourth-order valence-electron chi connectivity index (χ4n) is 4.22. The van der Waals surface area contributed by atoms with E-state index in [2.05, 4.69) is 11.4 Å². The quantitative estimate of drug-likeness (QED) is 0.360. The van der Waals surface area contributed by atoms with Crippen LogP contribution in [-0.4, -0.2) is 68.9 Å². The molecule has 0 fully saturated rings. The number of hydrogen-bond donors (Lipinski definition) is 2. The molecule has 0 heterocycles. The summed E-state index contributed by atoms with van der Waals surface area (Å²) >= 11 is 0. The summed E-state index contributed by atoms with van der Waals surface area (Å²) in [6.45, 7) is 8.84. The summed E-state index contributed by atoms with van der Waals surface area (Å²) in [5, 5.41) is 23.4. The molecule has 9 nitrogen and oxygen atoms in total. The Balaban J connectivity index is 2.46. The van der Waals surface area contributed by atoms with Crippen molar-refractivity contribution in [2.75, 3.05) is 32.1 Å². The Kier molecular flexibility index (Phi) is 11.6. The maximum Gasteiger partial charge on any atom is 0.407 e. The van der Waals surface area contributed by atoms with Crippen LogP contribution in [-0.2, 0) is 21.2 Å². The average Bonchev–Trinajstić information content (AvgIpc) is 2.86. The predicted octanol–water partition coefficient (Wildman–Crippen LogP) is 4.57. The molecule has 2 aromatic carbocycles. The highest BCUT2D eigenvalue weighted by Crippen LogP contribution is 2.29. The molecule has 2 rings (SSSR count). The molecule has 1 amide bonds. The third-order valence-corrected chi connectivity index (χ3v) is 8.15. The number of nitrogens with one attached hydrogen (secondary N) is 1. The van der Waals surface area contributed by atoms with Crippen LogP contribution in [0.15, 0.2) is 59.5 Å². The molecule has 0 aliphatic heterocycles. The monoisotopic (exact) mass is 572 g/mol. The first kappa shape index (κ1) is 33.1. The highest BCUT2D eigenvalue weighted by atomic mass is 32.2. The third kappa shape index (κ3) is 10.5. The smallest absolute Gasteiger partial charge is 0.407 e. The first-order valence-electron chi connectivity index (χ1n) is 13.4. The number of alkyl carbamates (subject to hydrolysis) is 1. The zero-order valence-electron chi connectivity index (χ0n) is 24.7. The van der Waals surface area contributed by atoms with Gasteiger partial charge in [-0.15, -0.1) is 0 Å². The van der Waals surface area contributed by atoms with Crippen LogP contribution in [0.3, 0.4) is 0 Å². The lowest BCUT2D eigenvalue weighted by Crippen LogP contribution is -2.52. The normalized spacial score (nSPS) is 13.8. The molecule has 10 heteroatoms. The van der Waals surface area contributed by atoms with Gasteiger partial charge in [-0.1, -0.05) is 50.2 Å². The van der Waals surface area contributed by atoms with Crippen molar-refractivity contribution in [3.63, 3.8) is 0 Å². The zero-order valence-corrected chi connectivity index (χ0v) is 25.5. The molecule has 2 atom stereocenters. The second kappa shape index (κ2) is 14.0. The maximum absolute atomic E-state index is 14.0. The Labute approximate surface area is 239 Å². The van der Waals surface area contributed by atoms with E-state index in [0.717, 1.165) is 11.3 Å². The maximum atomic E-state index is 14.0. The van der Waals surface area contributed by atoms with E-state index in [9.17, 15) is 18.3 Å². The lowest BCUT2D eigenvalue weighted by atomic mass is 9.88. The zero-order chi connectivity index (χ0) is 30.1. The molecule has 2 N–H and O–H groups in total. The van der Waals surface area contributed by atoms with Gasteiger partial charge in [-0.25, -0.2) is 13.2 Å². The van der Waals surface area contributed by atoms with E-state index in [1.165, 1.54) is 10.4 Å². The van der Waals surface area contributed by atoms with Crippen molar-refractivity contribution in [2.24, 2.45) is 5.41 Å². The van der Waals surface area contributed by atoms with Crippen LogP contribution < -0.4 is 10.2 Å². The van der Waals surface area contributed by atoms with Gasteiger partial charge in [-0.2, -0.15) is 9.57 Å². The minimum atomic E-state index is -4.05. The minimum absolute atomic E-state index is 0.0742. The van der Waals surface area contributed by atoms with E-state index < -0.39 is 39.3 Å². The van der Waals surface area contributed by atoms with Gasteiger partial charge in [-0.3, -0.25) is 0 Å². The summed E-state index contributed by atoms with van der Waals surface area (Å²) in [5.41, 5.74) is 0.294. The predicted molar refractivity (Wildman–Crippen MR) is 157 cm³/mol. The molecular formula is C30H44N4O5S. The summed E-state index contributed by atoms with van der Waals surface area (Å²) in [6.07, 6.45) is -0.937. The van der Waals surface area contributed by atoms with Crippen LogP contribution in [0.5, 0.6) is 0 Å². The van der Waals surface area contributed by atoms with E-state index in [-0.39, 0.29) is 30.8 Å². The van der Waals surface area contributed by atoms with Gasteiger partial charge < -0.3 is 20.1 Å². The Bertz CT molecular complexity index is 1250. The van der Waals surface area contributed by atoms with Crippen LogP contribution in [0.4, 0.5) is 10.5 Å². The van der Waals surface area contributed by atoms with Gasteiger partial charge in [0, 0.05) is 39.3 Å². The van der Waals surface area contributed by atoms with Gasteiger partial charge in [0.2, 0.25) is 10.0 Å². The Hall–Kier alpha value is -3.13. The lowest BCUT2D eigenvalue weighted by molar-refractivity contribution is 0.0392. The number of carbonyl (C=O) groups excluding carboxylic acids is 1. The molecule has 0 aliphatic carbocycles. The van der Waals surface area contributed by atoms with E-state index in [4.69, 9.17) is 10.00 Å². The van der Waals surface area contributed by atoms with Crippen LogP contribution in [0.25, 0.3) is 0 Å². The number of benzene rings is 2. The number of hydrogen-bond acceptors (Lipinski definition) is 7. The van der Waals surface area contributed by atoms with E-state index in [1.807, 2.05) is 69.2 Å². The minimum Gasteiger partial charge on any atom is -0.444 e. The standard InChI is InChI=1S/C30H44N4O5S/c1-29(2,3)39-28(36)32-26(19-23-13-9-8-10-14-23)27(35)21-34(22-30(4,5)17-12-18-31)40(37,38)25-16-11-15-24(20-25)33(6)7/h8-11,13-16,20,26-27,35H,12,17,19,21-22H2,1-7H3,(H,32,36). The molecule has 0 saturated heterocycles. The Morgan fingerprint density at radius 1 is 1.07 bits per heavy atom. The molecule has 40 heavy (non-hydrogen) atoms. The number of ether oxygens (including phenoxy) is 1. The summed E-state index contributed by atoms with van der Waals surface area (Å²) in [4.78, 5) is 14.6. The number of rotatable bonds is 13. The van der Waals surface area contributed by atoms with E-state index >= 15 is 0 Å². The van der Waals surface area contributed by atoms with Crippen molar-refractivity contribution in [3.8, 4) is 6.07 Å². The van der Waals surface area contributed by atoms with Crippen molar-refractivity contribution in [1.29, 1.82) is 5.26 Å². The summed E-state index contributed by atoms with van der Waals surface area (Å²) in [7, 11) is -0.398. The number of nitriles is 1. The molecule has 0 aromatic heterocycles. The summed E-state index contributed by atoms with van der Waals surface area (Å²) in [5.74, 6) is 0. The highest BCUT2D eigenvalue weighted by Gasteiger charge is 2.35. The number of nitrogens with zero attached hydrogens (tertiary/aromatic N) is 3. The van der Waals surface area contributed by atoms with Crippen molar-refractivity contribution in [2.45, 2.75) is 76.5 Å². The fraction of sp³-hybridized carbons (Fsp3) is 0.533. The molecular weight excluding hydrogens is 528 g/mol. The van der Waals surface area contributed by atoms with Crippen molar-refractivity contribution in [1.82, 2.24) is 9.62 Å².